The van der Waals surface area contributed by atoms with Gasteiger partial charge in [0.05, 0.1) is 5.02 Å². The van der Waals surface area contributed by atoms with Crippen molar-refractivity contribution in [3.8, 4) is 5.75 Å². The molecular weight excluding hydrogens is 335 g/mol. The molecule has 0 saturated heterocycles. The van der Waals surface area contributed by atoms with Gasteiger partial charge in [0, 0.05) is 26.3 Å². The van der Waals surface area contributed by atoms with Gasteiger partial charge in [0.1, 0.15) is 10.8 Å². The van der Waals surface area contributed by atoms with Crippen LogP contribution in [-0.4, -0.2) is 26.6 Å². The Morgan fingerprint density at radius 2 is 1.83 bits per heavy atom. The molecule has 1 amide bonds. The highest BCUT2D eigenvalue weighted by Gasteiger charge is 2.08. The van der Waals surface area contributed by atoms with Crippen molar-refractivity contribution in [1.82, 2.24) is 5.32 Å². The highest BCUT2D eigenvalue weighted by molar-refractivity contribution is 6.42. The van der Waals surface area contributed by atoms with Crippen molar-refractivity contribution in [1.29, 1.82) is 0 Å². The highest BCUT2D eigenvalue weighted by Crippen LogP contribution is 2.31. The number of hydrogen-bond acceptors (Lipinski definition) is 3. The summed E-state index contributed by atoms with van der Waals surface area (Å²) < 4.78 is 5.38. The van der Waals surface area contributed by atoms with E-state index in [1.54, 1.807) is 18.2 Å². The van der Waals surface area contributed by atoms with Crippen LogP contribution in [-0.2, 0) is 11.3 Å². The lowest BCUT2D eigenvalue weighted by molar-refractivity contribution is -0.123. The number of anilines is 1. The van der Waals surface area contributed by atoms with Gasteiger partial charge in [0.25, 0.3) is 5.91 Å². The van der Waals surface area contributed by atoms with Crippen molar-refractivity contribution in [2.24, 2.45) is 0 Å². The molecule has 0 aromatic heterocycles. The number of carbonyl (C=O) groups is 1. The van der Waals surface area contributed by atoms with Crippen LogP contribution in [0.15, 0.2) is 42.5 Å². The fourth-order valence-corrected chi connectivity index (χ4v) is 2.25. The zero-order valence-electron chi connectivity index (χ0n) is 13.0. The molecule has 2 aromatic rings. The van der Waals surface area contributed by atoms with Crippen LogP contribution in [0.4, 0.5) is 5.69 Å². The maximum atomic E-state index is 11.8. The molecule has 0 aliphatic rings. The zero-order valence-corrected chi connectivity index (χ0v) is 14.5. The summed E-state index contributed by atoms with van der Waals surface area (Å²) >= 11 is 11.9. The van der Waals surface area contributed by atoms with Crippen LogP contribution in [0.25, 0.3) is 0 Å². The minimum absolute atomic E-state index is 0.115. The first kappa shape index (κ1) is 17.4. The number of benzene rings is 2. The number of rotatable bonds is 6. The Bertz CT molecular complexity index is 673. The summed E-state index contributed by atoms with van der Waals surface area (Å²) in [7, 11) is 3.96. The average molecular weight is 353 g/mol. The van der Waals surface area contributed by atoms with Crippen molar-refractivity contribution in [3.63, 3.8) is 0 Å². The van der Waals surface area contributed by atoms with Crippen LogP contribution in [0.2, 0.25) is 10.0 Å². The summed E-state index contributed by atoms with van der Waals surface area (Å²) in [6.45, 7) is 0.328. The van der Waals surface area contributed by atoms with Gasteiger partial charge in [-0.05, 0) is 29.8 Å². The number of nitrogens with one attached hydrogen (secondary N) is 1. The highest BCUT2D eigenvalue weighted by atomic mass is 35.5. The summed E-state index contributed by atoms with van der Waals surface area (Å²) in [5, 5.41) is 3.50. The first-order valence-electron chi connectivity index (χ1n) is 7.07. The Balaban J connectivity index is 1.82. The lowest BCUT2D eigenvalue weighted by atomic mass is 10.2. The Morgan fingerprint density at radius 1 is 1.13 bits per heavy atom. The monoisotopic (exact) mass is 352 g/mol. The lowest BCUT2D eigenvalue weighted by Crippen LogP contribution is -2.28. The smallest absolute Gasteiger partial charge is 0.258 e. The molecule has 2 aromatic carbocycles. The second-order valence-electron chi connectivity index (χ2n) is 5.18. The third-order valence-corrected chi connectivity index (χ3v) is 4.02. The van der Waals surface area contributed by atoms with Crippen LogP contribution in [0.1, 0.15) is 5.56 Å². The Labute approximate surface area is 146 Å². The molecule has 1 N–H and O–H groups in total. The first-order chi connectivity index (χ1) is 11.0. The Hall–Kier alpha value is -1.91. The van der Waals surface area contributed by atoms with Gasteiger partial charge in [-0.1, -0.05) is 41.4 Å². The van der Waals surface area contributed by atoms with Gasteiger partial charge in [-0.25, -0.2) is 0 Å². The molecule has 0 bridgehead atoms. The van der Waals surface area contributed by atoms with E-state index in [2.05, 4.69) is 5.32 Å². The van der Waals surface area contributed by atoms with Gasteiger partial charge in [0.2, 0.25) is 0 Å². The maximum Gasteiger partial charge on any atom is 0.258 e. The van der Waals surface area contributed by atoms with Gasteiger partial charge in [-0.15, -0.1) is 0 Å². The molecule has 2 rings (SSSR count). The van der Waals surface area contributed by atoms with Crippen molar-refractivity contribution in [2.75, 3.05) is 25.6 Å². The number of carbonyl (C=O) groups excluding carboxylic acids is 1. The fourth-order valence-electron chi connectivity index (χ4n) is 1.90. The predicted octanol–water partition coefficient (Wildman–Crippen LogP) is 3.75. The minimum Gasteiger partial charge on any atom is -0.482 e. The Kier molecular flexibility index (Phi) is 6.13. The van der Waals surface area contributed by atoms with E-state index in [0.717, 1.165) is 11.3 Å². The van der Waals surface area contributed by atoms with Crippen molar-refractivity contribution in [2.45, 2.75) is 6.54 Å². The topological polar surface area (TPSA) is 41.6 Å². The SMILES string of the molecule is CN(C)c1ccc(CNC(=O)COc2cccc(Cl)c2Cl)cc1. The third-order valence-electron chi connectivity index (χ3n) is 3.22. The first-order valence-corrected chi connectivity index (χ1v) is 7.82. The van der Waals surface area contributed by atoms with E-state index in [-0.39, 0.29) is 12.5 Å². The number of halogens is 2. The zero-order chi connectivity index (χ0) is 16.8. The minimum atomic E-state index is -0.224. The normalized spacial score (nSPS) is 10.3. The van der Waals surface area contributed by atoms with Gasteiger partial charge in [-0.3, -0.25) is 4.79 Å². The molecule has 23 heavy (non-hydrogen) atoms. The molecule has 0 radical (unpaired) electrons. The van der Waals surface area contributed by atoms with E-state index in [0.29, 0.717) is 22.3 Å². The Morgan fingerprint density at radius 3 is 2.48 bits per heavy atom. The van der Waals surface area contributed by atoms with Gasteiger partial charge < -0.3 is 15.0 Å². The summed E-state index contributed by atoms with van der Waals surface area (Å²) in [6, 6.07) is 13.0. The number of nitrogens with zero attached hydrogens (tertiary/aromatic N) is 1. The quantitative estimate of drug-likeness (QED) is 0.860. The summed E-state index contributed by atoms with van der Waals surface area (Å²) in [5.74, 6) is 0.169. The van der Waals surface area contributed by atoms with Crippen molar-refractivity contribution in [3.05, 3.63) is 58.1 Å². The second-order valence-corrected chi connectivity index (χ2v) is 5.96. The molecule has 0 saturated carbocycles. The molecule has 0 aliphatic carbocycles. The molecule has 4 nitrogen and oxygen atoms in total. The van der Waals surface area contributed by atoms with E-state index in [1.165, 1.54) is 0 Å². The van der Waals surface area contributed by atoms with E-state index in [1.807, 2.05) is 43.3 Å². The van der Waals surface area contributed by atoms with Crippen LogP contribution in [0.3, 0.4) is 0 Å². The summed E-state index contributed by atoms with van der Waals surface area (Å²) in [4.78, 5) is 13.9. The third kappa shape index (κ3) is 5.05. The van der Waals surface area contributed by atoms with E-state index in [9.17, 15) is 4.79 Å². The molecule has 0 spiro atoms. The molecule has 0 heterocycles. The molecule has 0 unspecified atom stereocenters. The summed E-state index contributed by atoms with van der Waals surface area (Å²) in [6.07, 6.45) is 0. The van der Waals surface area contributed by atoms with Crippen LogP contribution >= 0.6 is 23.2 Å². The molecule has 122 valence electrons. The summed E-state index contributed by atoms with van der Waals surface area (Å²) in [5.41, 5.74) is 2.13. The van der Waals surface area contributed by atoms with Crippen LogP contribution in [0.5, 0.6) is 5.75 Å². The number of hydrogen-bond donors (Lipinski definition) is 1. The van der Waals surface area contributed by atoms with E-state index < -0.39 is 0 Å². The van der Waals surface area contributed by atoms with Gasteiger partial charge in [-0.2, -0.15) is 0 Å². The fraction of sp³-hybridized carbons (Fsp3) is 0.235. The number of ether oxygens (including phenoxy) is 1. The maximum absolute atomic E-state index is 11.8. The molecule has 0 aliphatic heterocycles. The largest absolute Gasteiger partial charge is 0.482 e. The van der Waals surface area contributed by atoms with Gasteiger partial charge >= 0.3 is 0 Å². The van der Waals surface area contributed by atoms with E-state index in [4.69, 9.17) is 27.9 Å². The van der Waals surface area contributed by atoms with E-state index >= 15 is 0 Å². The molecular formula is C17H18Cl2N2O2. The standard InChI is InChI=1S/C17H18Cl2N2O2/c1-21(2)13-8-6-12(7-9-13)10-20-16(22)11-23-15-5-3-4-14(18)17(15)19/h3-9H,10-11H2,1-2H3,(H,20,22). The molecule has 0 atom stereocenters. The van der Waals surface area contributed by atoms with Crippen molar-refractivity contribution < 1.29 is 9.53 Å². The lowest BCUT2D eigenvalue weighted by Gasteiger charge is -2.13. The second kappa shape index (κ2) is 8.09. The van der Waals surface area contributed by atoms with Crippen molar-refractivity contribution >= 4 is 34.8 Å². The van der Waals surface area contributed by atoms with Crippen LogP contribution < -0.4 is 15.0 Å². The average Bonchev–Trinajstić information content (AvgIpc) is 2.54. The van der Waals surface area contributed by atoms with Crippen LogP contribution in [0, 0.1) is 0 Å². The molecule has 0 fully saturated rings. The molecule has 6 heteroatoms. The number of amides is 1. The predicted molar refractivity (Wildman–Crippen MR) is 94.6 cm³/mol. The van der Waals surface area contributed by atoms with Gasteiger partial charge in [0.15, 0.2) is 6.61 Å².